The van der Waals surface area contributed by atoms with E-state index in [9.17, 15) is 5.26 Å². The van der Waals surface area contributed by atoms with Crippen LogP contribution in [0, 0.1) is 11.3 Å². The number of allylic oxidation sites excluding steroid dienone is 1. The molecule has 0 aliphatic carbocycles. The number of para-hydroxylation sites is 2. The lowest BCUT2D eigenvalue weighted by molar-refractivity contribution is 0.272. The summed E-state index contributed by atoms with van der Waals surface area (Å²) in [6.45, 7) is 5.24. The summed E-state index contributed by atoms with van der Waals surface area (Å²) in [5, 5.41) is 9.56. The summed E-state index contributed by atoms with van der Waals surface area (Å²) < 4.78 is 17.2. The van der Waals surface area contributed by atoms with Gasteiger partial charge in [-0.1, -0.05) is 31.5 Å². The lowest BCUT2D eigenvalue weighted by Crippen LogP contribution is -2.00. The van der Waals surface area contributed by atoms with Gasteiger partial charge in [0, 0.05) is 0 Å². The SMILES string of the molecule is CCCCOc1ccc(/C=C(\C#N)c2nc3ccccc3o2)cc1OCC. The van der Waals surface area contributed by atoms with Gasteiger partial charge in [0.15, 0.2) is 17.1 Å². The Morgan fingerprint density at radius 3 is 2.74 bits per heavy atom. The summed E-state index contributed by atoms with van der Waals surface area (Å²) in [5.41, 5.74) is 2.56. The molecule has 0 N–H and O–H groups in total. The van der Waals surface area contributed by atoms with Crippen molar-refractivity contribution in [3.8, 4) is 17.6 Å². The van der Waals surface area contributed by atoms with Gasteiger partial charge in [-0.25, -0.2) is 4.98 Å². The average Bonchev–Trinajstić information content (AvgIpc) is 3.12. The van der Waals surface area contributed by atoms with Crippen LogP contribution in [0.15, 0.2) is 46.9 Å². The Balaban J connectivity index is 1.91. The zero-order valence-electron chi connectivity index (χ0n) is 15.6. The Bertz CT molecular complexity index is 950. The van der Waals surface area contributed by atoms with E-state index in [0.29, 0.717) is 41.8 Å². The highest BCUT2D eigenvalue weighted by atomic mass is 16.5. The van der Waals surface area contributed by atoms with Gasteiger partial charge in [0.05, 0.1) is 13.2 Å². The molecule has 0 aliphatic heterocycles. The molecule has 0 aliphatic rings. The molecule has 0 amide bonds. The van der Waals surface area contributed by atoms with Gasteiger partial charge >= 0.3 is 0 Å². The van der Waals surface area contributed by atoms with Gasteiger partial charge < -0.3 is 13.9 Å². The van der Waals surface area contributed by atoms with Crippen molar-refractivity contribution >= 4 is 22.7 Å². The summed E-state index contributed by atoms with van der Waals surface area (Å²) in [6.07, 6.45) is 3.80. The molecule has 0 fully saturated rings. The van der Waals surface area contributed by atoms with Crippen LogP contribution in [-0.4, -0.2) is 18.2 Å². The van der Waals surface area contributed by atoms with Gasteiger partial charge in [-0.05, 0) is 49.2 Å². The van der Waals surface area contributed by atoms with Crippen molar-refractivity contribution in [2.75, 3.05) is 13.2 Å². The fraction of sp³-hybridized carbons (Fsp3) is 0.273. The van der Waals surface area contributed by atoms with Crippen molar-refractivity contribution in [1.29, 1.82) is 5.26 Å². The average molecular weight is 362 g/mol. The number of aromatic nitrogens is 1. The molecule has 5 heteroatoms. The normalized spacial score (nSPS) is 11.4. The molecular weight excluding hydrogens is 340 g/mol. The first-order chi connectivity index (χ1) is 13.2. The first kappa shape index (κ1) is 18.5. The van der Waals surface area contributed by atoms with Crippen LogP contribution in [0.3, 0.4) is 0 Å². The smallest absolute Gasteiger partial charge is 0.238 e. The van der Waals surface area contributed by atoms with E-state index in [4.69, 9.17) is 13.9 Å². The van der Waals surface area contributed by atoms with Crippen molar-refractivity contribution in [3.63, 3.8) is 0 Å². The Hall–Kier alpha value is -3.26. The van der Waals surface area contributed by atoms with E-state index in [-0.39, 0.29) is 0 Å². The van der Waals surface area contributed by atoms with Gasteiger partial charge in [-0.3, -0.25) is 0 Å². The standard InChI is InChI=1S/C22H22N2O3/c1-3-5-12-26-20-11-10-16(14-21(20)25-4-2)13-17(15-23)22-24-18-8-6-7-9-19(18)27-22/h6-11,13-14H,3-5,12H2,1-2H3/b17-13+. The number of hydrogen-bond donors (Lipinski definition) is 0. The van der Waals surface area contributed by atoms with E-state index >= 15 is 0 Å². The second-order valence-electron chi connectivity index (χ2n) is 6.00. The molecule has 0 saturated heterocycles. The second-order valence-corrected chi connectivity index (χ2v) is 6.00. The van der Waals surface area contributed by atoms with Crippen LogP contribution in [0.2, 0.25) is 0 Å². The van der Waals surface area contributed by atoms with Crippen LogP contribution in [0.4, 0.5) is 0 Å². The Labute approximate surface area is 158 Å². The summed E-state index contributed by atoms with van der Waals surface area (Å²) in [5.74, 6) is 1.68. The highest BCUT2D eigenvalue weighted by molar-refractivity contribution is 5.89. The lowest BCUT2D eigenvalue weighted by Gasteiger charge is -2.12. The van der Waals surface area contributed by atoms with Crippen LogP contribution in [0.5, 0.6) is 11.5 Å². The third-order valence-electron chi connectivity index (χ3n) is 3.98. The lowest BCUT2D eigenvalue weighted by atomic mass is 10.1. The molecule has 0 atom stereocenters. The largest absolute Gasteiger partial charge is 0.490 e. The zero-order valence-corrected chi connectivity index (χ0v) is 15.6. The van der Waals surface area contributed by atoms with Gasteiger partial charge in [0.2, 0.25) is 5.89 Å². The summed E-state index contributed by atoms with van der Waals surface area (Å²) in [7, 11) is 0. The second kappa shape index (κ2) is 8.91. The molecular formula is C22H22N2O3. The number of nitrogens with zero attached hydrogens (tertiary/aromatic N) is 2. The van der Waals surface area contributed by atoms with E-state index in [2.05, 4.69) is 18.0 Å². The third-order valence-corrected chi connectivity index (χ3v) is 3.98. The molecule has 0 bridgehead atoms. The minimum absolute atomic E-state index is 0.305. The van der Waals surface area contributed by atoms with Gasteiger partial charge in [-0.15, -0.1) is 0 Å². The summed E-state index contributed by atoms with van der Waals surface area (Å²) >= 11 is 0. The predicted molar refractivity (Wildman–Crippen MR) is 106 cm³/mol. The maximum atomic E-state index is 9.56. The molecule has 3 aromatic rings. The van der Waals surface area contributed by atoms with Crippen LogP contribution < -0.4 is 9.47 Å². The summed E-state index contributed by atoms with van der Waals surface area (Å²) in [6, 6.07) is 15.2. The molecule has 0 unspecified atom stereocenters. The molecule has 1 aromatic heterocycles. The van der Waals surface area contributed by atoms with Crippen molar-refractivity contribution in [1.82, 2.24) is 4.98 Å². The molecule has 0 radical (unpaired) electrons. The summed E-state index contributed by atoms with van der Waals surface area (Å²) in [4.78, 5) is 4.39. The van der Waals surface area contributed by atoms with Crippen LogP contribution >= 0.6 is 0 Å². The van der Waals surface area contributed by atoms with E-state index in [1.54, 1.807) is 6.08 Å². The highest BCUT2D eigenvalue weighted by Gasteiger charge is 2.12. The highest BCUT2D eigenvalue weighted by Crippen LogP contribution is 2.31. The monoisotopic (exact) mass is 362 g/mol. The maximum absolute atomic E-state index is 9.56. The minimum atomic E-state index is 0.305. The zero-order chi connectivity index (χ0) is 19.1. The minimum Gasteiger partial charge on any atom is -0.490 e. The number of nitriles is 1. The molecule has 138 valence electrons. The molecule has 0 spiro atoms. The molecule has 1 heterocycles. The molecule has 27 heavy (non-hydrogen) atoms. The molecule has 2 aromatic carbocycles. The third kappa shape index (κ3) is 4.48. The van der Waals surface area contributed by atoms with E-state index in [1.165, 1.54) is 0 Å². The first-order valence-electron chi connectivity index (χ1n) is 9.12. The van der Waals surface area contributed by atoms with Crippen molar-refractivity contribution in [2.24, 2.45) is 0 Å². The van der Waals surface area contributed by atoms with Crippen molar-refractivity contribution in [2.45, 2.75) is 26.7 Å². The first-order valence-corrected chi connectivity index (χ1v) is 9.12. The number of ether oxygens (including phenoxy) is 2. The fourth-order valence-corrected chi connectivity index (χ4v) is 2.62. The molecule has 5 nitrogen and oxygen atoms in total. The number of fused-ring (bicyclic) bond motifs is 1. The van der Waals surface area contributed by atoms with Crippen LogP contribution in [0.25, 0.3) is 22.7 Å². The number of benzene rings is 2. The van der Waals surface area contributed by atoms with Gasteiger partial charge in [0.1, 0.15) is 17.2 Å². The van der Waals surface area contributed by atoms with Gasteiger partial charge in [0.25, 0.3) is 0 Å². The van der Waals surface area contributed by atoms with Crippen LogP contribution in [0.1, 0.15) is 38.1 Å². The van der Waals surface area contributed by atoms with Crippen LogP contribution in [-0.2, 0) is 0 Å². The van der Waals surface area contributed by atoms with Gasteiger partial charge in [-0.2, -0.15) is 5.26 Å². The molecule has 3 rings (SSSR count). The van der Waals surface area contributed by atoms with E-state index in [0.717, 1.165) is 23.9 Å². The Morgan fingerprint density at radius 1 is 1.15 bits per heavy atom. The maximum Gasteiger partial charge on any atom is 0.238 e. The number of hydrogen-bond acceptors (Lipinski definition) is 5. The van der Waals surface area contributed by atoms with Crippen molar-refractivity contribution < 1.29 is 13.9 Å². The van der Waals surface area contributed by atoms with E-state index in [1.807, 2.05) is 49.4 Å². The fourth-order valence-electron chi connectivity index (χ4n) is 2.62. The quantitative estimate of drug-likeness (QED) is 0.392. The van der Waals surface area contributed by atoms with E-state index < -0.39 is 0 Å². The topological polar surface area (TPSA) is 68.3 Å². The Morgan fingerprint density at radius 2 is 2.00 bits per heavy atom. The number of rotatable bonds is 8. The number of oxazole rings is 1. The van der Waals surface area contributed by atoms with Crippen molar-refractivity contribution in [3.05, 3.63) is 53.9 Å². The molecule has 0 saturated carbocycles. The number of unbranched alkanes of at least 4 members (excludes halogenated alkanes) is 1. The Kier molecular flexibility index (Phi) is 6.11. The predicted octanol–water partition coefficient (Wildman–Crippen LogP) is 5.47.